The third kappa shape index (κ3) is 4.07. The summed E-state index contributed by atoms with van der Waals surface area (Å²) < 4.78 is 2.31. The Labute approximate surface area is 154 Å². The molecule has 0 unspecified atom stereocenters. The van der Waals surface area contributed by atoms with Crippen LogP contribution in [-0.2, 0) is 5.75 Å². The second-order valence-corrected chi connectivity index (χ2v) is 7.47. The van der Waals surface area contributed by atoms with E-state index in [-0.39, 0.29) is 0 Å². The molecule has 130 valence electrons. The van der Waals surface area contributed by atoms with Crippen molar-refractivity contribution in [3.05, 3.63) is 71.9 Å². The molecule has 3 rings (SSSR count). The van der Waals surface area contributed by atoms with Gasteiger partial charge >= 0.3 is 0 Å². The van der Waals surface area contributed by atoms with Crippen molar-refractivity contribution in [1.82, 2.24) is 9.55 Å². The third-order valence-corrected chi connectivity index (χ3v) is 5.27. The summed E-state index contributed by atoms with van der Waals surface area (Å²) in [5, 5.41) is 1.06. The second-order valence-electron chi connectivity index (χ2n) is 6.53. The first-order valence-electron chi connectivity index (χ1n) is 8.60. The van der Waals surface area contributed by atoms with Crippen molar-refractivity contribution in [1.29, 1.82) is 0 Å². The highest BCUT2D eigenvalue weighted by Crippen LogP contribution is 2.32. The summed E-state index contributed by atoms with van der Waals surface area (Å²) in [6, 6.07) is 19.5. The topological polar surface area (TPSA) is 21.1 Å². The molecule has 0 N–H and O–H groups in total. The average Bonchev–Trinajstić information content (AvgIpc) is 3.05. The Morgan fingerprint density at radius 2 is 1.72 bits per heavy atom. The van der Waals surface area contributed by atoms with Gasteiger partial charge in [-0.3, -0.25) is 0 Å². The lowest BCUT2D eigenvalue weighted by Crippen LogP contribution is -2.16. The Bertz CT molecular complexity index is 807. The Morgan fingerprint density at radius 1 is 1.04 bits per heavy atom. The number of hydrogen-bond acceptors (Lipinski definition) is 3. The number of aromatic nitrogens is 2. The lowest BCUT2D eigenvalue weighted by atomic mass is 10.2. The van der Waals surface area contributed by atoms with E-state index in [1.54, 1.807) is 11.8 Å². The van der Waals surface area contributed by atoms with Crippen LogP contribution in [0.2, 0.25) is 0 Å². The second kappa shape index (κ2) is 7.79. The maximum atomic E-state index is 4.70. The molecule has 0 fully saturated rings. The van der Waals surface area contributed by atoms with E-state index >= 15 is 0 Å². The SMILES string of the molecule is Cc1ccc(CSc2ncc(N(C)c3ccccc3)n2C(C)C)cc1. The largest absolute Gasteiger partial charge is 0.330 e. The van der Waals surface area contributed by atoms with E-state index in [2.05, 4.69) is 85.8 Å². The van der Waals surface area contributed by atoms with Gasteiger partial charge in [-0.05, 0) is 38.5 Å². The lowest BCUT2D eigenvalue weighted by Gasteiger charge is -2.23. The first-order chi connectivity index (χ1) is 12.1. The molecule has 0 aliphatic rings. The summed E-state index contributed by atoms with van der Waals surface area (Å²) in [6.45, 7) is 6.54. The van der Waals surface area contributed by atoms with Crippen molar-refractivity contribution < 1.29 is 0 Å². The fraction of sp³-hybridized carbons (Fsp3) is 0.286. The first kappa shape index (κ1) is 17.6. The summed E-state index contributed by atoms with van der Waals surface area (Å²) in [6.07, 6.45) is 1.98. The van der Waals surface area contributed by atoms with Crippen molar-refractivity contribution in [3.63, 3.8) is 0 Å². The molecule has 0 aliphatic heterocycles. The molecule has 0 saturated heterocycles. The van der Waals surface area contributed by atoms with Gasteiger partial charge in [0.2, 0.25) is 0 Å². The number of rotatable bonds is 6. The van der Waals surface area contributed by atoms with Gasteiger partial charge in [0, 0.05) is 24.5 Å². The number of aryl methyl sites for hydroxylation is 1. The molecule has 0 spiro atoms. The van der Waals surface area contributed by atoms with E-state index in [0.717, 1.165) is 16.7 Å². The quantitative estimate of drug-likeness (QED) is 0.521. The van der Waals surface area contributed by atoms with Crippen LogP contribution in [0.1, 0.15) is 31.0 Å². The molecule has 2 aromatic carbocycles. The lowest BCUT2D eigenvalue weighted by molar-refractivity contribution is 0.551. The van der Waals surface area contributed by atoms with E-state index < -0.39 is 0 Å². The van der Waals surface area contributed by atoms with E-state index in [9.17, 15) is 0 Å². The van der Waals surface area contributed by atoms with Crippen molar-refractivity contribution in [2.24, 2.45) is 0 Å². The summed E-state index contributed by atoms with van der Waals surface area (Å²) >= 11 is 1.79. The van der Waals surface area contributed by atoms with Gasteiger partial charge in [-0.15, -0.1) is 0 Å². The molecule has 0 amide bonds. The number of benzene rings is 2. The number of para-hydroxylation sites is 1. The van der Waals surface area contributed by atoms with Crippen LogP contribution < -0.4 is 4.90 Å². The van der Waals surface area contributed by atoms with Crippen LogP contribution in [-0.4, -0.2) is 16.6 Å². The molecule has 1 heterocycles. The van der Waals surface area contributed by atoms with Crippen LogP contribution in [0, 0.1) is 6.92 Å². The molecule has 0 bridgehead atoms. The molecule has 25 heavy (non-hydrogen) atoms. The van der Waals surface area contributed by atoms with E-state index in [1.165, 1.54) is 16.8 Å². The van der Waals surface area contributed by atoms with E-state index in [1.807, 2.05) is 12.3 Å². The van der Waals surface area contributed by atoms with Crippen LogP contribution in [0.5, 0.6) is 0 Å². The van der Waals surface area contributed by atoms with Gasteiger partial charge in [0.25, 0.3) is 0 Å². The van der Waals surface area contributed by atoms with Crippen LogP contribution in [0.4, 0.5) is 11.5 Å². The molecule has 4 heteroatoms. The highest BCUT2D eigenvalue weighted by Gasteiger charge is 2.17. The van der Waals surface area contributed by atoms with Gasteiger partial charge in [0.05, 0.1) is 6.20 Å². The zero-order chi connectivity index (χ0) is 17.8. The molecule has 0 aliphatic carbocycles. The molecule has 1 aromatic heterocycles. The minimum absolute atomic E-state index is 0.351. The molecule has 0 saturated carbocycles. The fourth-order valence-electron chi connectivity index (χ4n) is 2.79. The average molecular weight is 352 g/mol. The monoisotopic (exact) mass is 351 g/mol. The molecule has 0 radical (unpaired) electrons. The molecule has 3 aromatic rings. The van der Waals surface area contributed by atoms with Crippen molar-refractivity contribution in [2.45, 2.75) is 37.7 Å². The molecule has 3 nitrogen and oxygen atoms in total. The van der Waals surface area contributed by atoms with Crippen molar-refractivity contribution in [3.8, 4) is 0 Å². The first-order valence-corrected chi connectivity index (χ1v) is 9.59. The standard InChI is InChI=1S/C21H25N3S/c1-16(2)24-20(23(4)19-8-6-5-7-9-19)14-22-21(24)25-15-18-12-10-17(3)11-13-18/h5-14,16H,15H2,1-4H3. The summed E-state index contributed by atoms with van der Waals surface area (Å²) in [4.78, 5) is 6.90. The number of nitrogens with zero attached hydrogens (tertiary/aromatic N) is 3. The van der Waals surface area contributed by atoms with Gasteiger partial charge in [0.15, 0.2) is 5.16 Å². The Morgan fingerprint density at radius 3 is 2.36 bits per heavy atom. The van der Waals surface area contributed by atoms with Crippen LogP contribution >= 0.6 is 11.8 Å². The Balaban J connectivity index is 1.83. The predicted molar refractivity (Wildman–Crippen MR) is 108 cm³/mol. The molecular formula is C21H25N3S. The van der Waals surface area contributed by atoms with Crippen LogP contribution in [0.3, 0.4) is 0 Å². The number of imidazole rings is 1. The Hall–Kier alpha value is -2.20. The predicted octanol–water partition coefficient (Wildman–Crippen LogP) is 5.83. The maximum absolute atomic E-state index is 4.70. The zero-order valence-electron chi connectivity index (χ0n) is 15.3. The molecular weight excluding hydrogens is 326 g/mol. The summed E-state index contributed by atoms with van der Waals surface area (Å²) in [7, 11) is 2.10. The van der Waals surface area contributed by atoms with Crippen LogP contribution in [0.25, 0.3) is 0 Å². The highest BCUT2D eigenvalue weighted by molar-refractivity contribution is 7.98. The highest BCUT2D eigenvalue weighted by atomic mass is 32.2. The normalized spacial score (nSPS) is 11.1. The van der Waals surface area contributed by atoms with E-state index in [0.29, 0.717) is 6.04 Å². The van der Waals surface area contributed by atoms with Gasteiger partial charge in [-0.1, -0.05) is 59.8 Å². The van der Waals surface area contributed by atoms with Gasteiger partial charge in [0.1, 0.15) is 5.82 Å². The Kier molecular flexibility index (Phi) is 5.49. The number of thioether (sulfide) groups is 1. The van der Waals surface area contributed by atoms with Crippen molar-refractivity contribution in [2.75, 3.05) is 11.9 Å². The maximum Gasteiger partial charge on any atom is 0.170 e. The third-order valence-electron chi connectivity index (χ3n) is 4.24. The van der Waals surface area contributed by atoms with E-state index in [4.69, 9.17) is 4.98 Å². The minimum Gasteiger partial charge on any atom is -0.330 e. The van der Waals surface area contributed by atoms with Gasteiger partial charge in [-0.2, -0.15) is 0 Å². The van der Waals surface area contributed by atoms with Gasteiger partial charge < -0.3 is 9.47 Å². The number of hydrogen-bond donors (Lipinski definition) is 0. The minimum atomic E-state index is 0.351. The van der Waals surface area contributed by atoms with Crippen LogP contribution in [0.15, 0.2) is 66.0 Å². The van der Waals surface area contributed by atoms with Gasteiger partial charge in [-0.25, -0.2) is 4.98 Å². The summed E-state index contributed by atoms with van der Waals surface area (Å²) in [5.74, 6) is 2.05. The molecule has 0 atom stereocenters. The van der Waals surface area contributed by atoms with Crippen molar-refractivity contribution >= 4 is 23.3 Å². The number of anilines is 2. The summed E-state index contributed by atoms with van der Waals surface area (Å²) in [5.41, 5.74) is 3.79. The zero-order valence-corrected chi connectivity index (χ0v) is 16.1. The fourth-order valence-corrected chi connectivity index (χ4v) is 3.85. The smallest absolute Gasteiger partial charge is 0.170 e.